The van der Waals surface area contributed by atoms with Crippen molar-refractivity contribution in [1.29, 1.82) is 0 Å². The van der Waals surface area contributed by atoms with E-state index in [-0.39, 0.29) is 16.6 Å². The van der Waals surface area contributed by atoms with Gasteiger partial charge in [-0.2, -0.15) is 0 Å². The van der Waals surface area contributed by atoms with Crippen LogP contribution in [-0.4, -0.2) is 39.1 Å². The third-order valence-corrected chi connectivity index (χ3v) is 5.66. The van der Waals surface area contributed by atoms with Gasteiger partial charge in [0.05, 0.1) is 4.90 Å². The number of carbonyl (C=O) groups excluding carboxylic acids is 1. The van der Waals surface area contributed by atoms with Crippen LogP contribution in [0.1, 0.15) is 38.7 Å². The Bertz CT molecular complexity index is 800. The van der Waals surface area contributed by atoms with Gasteiger partial charge in [0.25, 0.3) is 15.9 Å². The van der Waals surface area contributed by atoms with E-state index in [1.807, 2.05) is 13.8 Å². The highest BCUT2D eigenvalue weighted by atomic mass is 32.2. The van der Waals surface area contributed by atoms with Gasteiger partial charge < -0.3 is 4.74 Å². The van der Waals surface area contributed by atoms with Crippen molar-refractivity contribution in [2.45, 2.75) is 50.3 Å². The highest BCUT2D eigenvalue weighted by molar-refractivity contribution is 7.90. The number of rotatable bonds is 5. The first-order chi connectivity index (χ1) is 12.4. The number of hydrogen-bond acceptors (Lipinski definition) is 6. The molecule has 3 rings (SSSR count). The first kappa shape index (κ1) is 18.8. The van der Waals surface area contributed by atoms with Gasteiger partial charge >= 0.3 is 0 Å². The zero-order chi connectivity index (χ0) is 18.7. The van der Waals surface area contributed by atoms with E-state index >= 15 is 0 Å². The molecule has 1 aromatic rings. The van der Waals surface area contributed by atoms with Crippen LogP contribution in [0.2, 0.25) is 0 Å². The average Bonchev–Trinajstić information content (AvgIpc) is 2.89. The molecular weight excluding hydrogens is 358 g/mol. The second kappa shape index (κ2) is 7.73. The first-order valence-corrected chi connectivity index (χ1v) is 10.1. The second-order valence-corrected chi connectivity index (χ2v) is 8.30. The molecule has 0 aromatic heterocycles. The quantitative estimate of drug-likeness (QED) is 0.749. The van der Waals surface area contributed by atoms with Crippen LogP contribution in [0.4, 0.5) is 0 Å². The van der Waals surface area contributed by atoms with Gasteiger partial charge in [0.2, 0.25) is 0 Å². The highest BCUT2D eigenvalue weighted by Gasteiger charge is 2.33. The molecule has 1 saturated heterocycles. The molecule has 0 radical (unpaired) electrons. The molecule has 0 spiro atoms. The molecule has 1 fully saturated rings. The van der Waals surface area contributed by atoms with Gasteiger partial charge in [0.15, 0.2) is 6.29 Å². The number of amidine groups is 1. The molecule has 142 valence electrons. The Balaban J connectivity index is 1.76. The van der Waals surface area contributed by atoms with E-state index in [2.05, 4.69) is 15.2 Å². The number of aliphatic imine (C=N–C) groups is 1. The number of nitrogens with zero attached hydrogens (tertiary/aromatic N) is 1. The van der Waals surface area contributed by atoms with E-state index in [1.54, 1.807) is 18.2 Å². The summed E-state index contributed by atoms with van der Waals surface area (Å²) in [4.78, 5) is 22.4. The van der Waals surface area contributed by atoms with Crippen LogP contribution in [-0.2, 0) is 24.4 Å². The number of hydrogen-bond donors (Lipinski definition) is 2. The summed E-state index contributed by atoms with van der Waals surface area (Å²) in [6.07, 6.45) is 2.22. The number of benzene rings is 1. The Kier molecular flexibility index (Phi) is 5.59. The van der Waals surface area contributed by atoms with Crippen LogP contribution in [0.3, 0.4) is 0 Å². The van der Waals surface area contributed by atoms with Crippen molar-refractivity contribution in [3.8, 4) is 0 Å². The summed E-state index contributed by atoms with van der Waals surface area (Å²) in [5.74, 6) is -0.427. The SMILES string of the molecule is CC(C)[C@@H](N=C1NS(=O)(=O)c2ccccc21)C(=O)NOC1CCCCO1. The zero-order valence-corrected chi connectivity index (χ0v) is 15.6. The molecule has 2 heterocycles. The van der Waals surface area contributed by atoms with E-state index in [9.17, 15) is 13.2 Å². The molecule has 2 atom stereocenters. The molecular formula is C17H23N3O5S. The maximum Gasteiger partial charge on any atom is 0.268 e. The number of sulfonamides is 1. The summed E-state index contributed by atoms with van der Waals surface area (Å²) >= 11 is 0. The Morgan fingerprint density at radius 2 is 2.12 bits per heavy atom. The summed E-state index contributed by atoms with van der Waals surface area (Å²) < 4.78 is 32.2. The van der Waals surface area contributed by atoms with Crippen molar-refractivity contribution in [2.75, 3.05) is 6.61 Å². The van der Waals surface area contributed by atoms with Crippen LogP contribution in [0, 0.1) is 5.92 Å². The normalized spacial score (nSPS) is 24.1. The summed E-state index contributed by atoms with van der Waals surface area (Å²) in [5.41, 5.74) is 2.86. The molecule has 0 saturated carbocycles. The van der Waals surface area contributed by atoms with Crippen molar-refractivity contribution in [3.05, 3.63) is 29.8 Å². The molecule has 9 heteroatoms. The molecule has 26 heavy (non-hydrogen) atoms. The molecule has 1 amide bonds. The number of amides is 1. The van der Waals surface area contributed by atoms with E-state index in [1.165, 1.54) is 6.07 Å². The van der Waals surface area contributed by atoms with E-state index in [4.69, 9.17) is 9.57 Å². The average molecular weight is 381 g/mol. The number of ether oxygens (including phenoxy) is 1. The van der Waals surface area contributed by atoms with Gasteiger partial charge in [-0.3, -0.25) is 14.5 Å². The summed E-state index contributed by atoms with van der Waals surface area (Å²) in [6, 6.07) is 5.74. The van der Waals surface area contributed by atoms with Gasteiger partial charge in [-0.1, -0.05) is 26.0 Å². The van der Waals surface area contributed by atoms with Gasteiger partial charge in [0.1, 0.15) is 11.9 Å². The highest BCUT2D eigenvalue weighted by Crippen LogP contribution is 2.23. The lowest BCUT2D eigenvalue weighted by Crippen LogP contribution is -2.41. The summed E-state index contributed by atoms with van der Waals surface area (Å²) in [7, 11) is -3.64. The number of carbonyl (C=O) groups is 1. The predicted molar refractivity (Wildman–Crippen MR) is 94.7 cm³/mol. The van der Waals surface area contributed by atoms with Crippen LogP contribution in [0.25, 0.3) is 0 Å². The van der Waals surface area contributed by atoms with Gasteiger partial charge in [-0.15, -0.1) is 0 Å². The van der Waals surface area contributed by atoms with Crippen molar-refractivity contribution in [1.82, 2.24) is 10.2 Å². The van der Waals surface area contributed by atoms with Gasteiger partial charge in [-0.25, -0.2) is 18.7 Å². The Hall–Kier alpha value is -1.97. The standard InChI is InChI=1S/C17H23N3O5S/c1-11(2)15(17(21)19-25-14-9-5-6-10-24-14)18-16-12-7-3-4-8-13(12)26(22,23)20-16/h3-4,7-8,11,14-15H,5-6,9-10H2,1-2H3,(H,18,20)(H,19,21)/t14?,15-/m1/s1. The topological polar surface area (TPSA) is 106 Å². The third-order valence-electron chi connectivity index (χ3n) is 4.26. The second-order valence-electron chi connectivity index (χ2n) is 6.65. The molecule has 1 aromatic carbocycles. The van der Waals surface area contributed by atoms with Crippen molar-refractivity contribution in [2.24, 2.45) is 10.9 Å². The monoisotopic (exact) mass is 381 g/mol. The third kappa shape index (κ3) is 4.05. The lowest BCUT2D eigenvalue weighted by Gasteiger charge is -2.23. The maximum absolute atomic E-state index is 12.5. The number of nitrogens with one attached hydrogen (secondary N) is 2. The fraction of sp³-hybridized carbons (Fsp3) is 0.529. The Morgan fingerprint density at radius 3 is 2.81 bits per heavy atom. The molecule has 2 aliphatic rings. The van der Waals surface area contributed by atoms with Crippen LogP contribution < -0.4 is 10.2 Å². The minimum atomic E-state index is -3.64. The largest absolute Gasteiger partial charge is 0.350 e. The maximum atomic E-state index is 12.5. The Labute approximate surface area is 153 Å². The van der Waals surface area contributed by atoms with E-state index in [0.29, 0.717) is 18.6 Å². The predicted octanol–water partition coefficient (Wildman–Crippen LogP) is 1.32. The number of hydroxylamine groups is 1. The Morgan fingerprint density at radius 1 is 1.35 bits per heavy atom. The van der Waals surface area contributed by atoms with Crippen LogP contribution in [0.15, 0.2) is 34.2 Å². The van der Waals surface area contributed by atoms with E-state index < -0.39 is 28.3 Å². The molecule has 2 aliphatic heterocycles. The minimum Gasteiger partial charge on any atom is -0.350 e. The number of fused-ring (bicyclic) bond motifs is 1. The molecule has 8 nitrogen and oxygen atoms in total. The van der Waals surface area contributed by atoms with Crippen LogP contribution in [0.5, 0.6) is 0 Å². The minimum absolute atomic E-state index is 0.157. The molecule has 0 bridgehead atoms. The smallest absolute Gasteiger partial charge is 0.268 e. The van der Waals surface area contributed by atoms with Crippen molar-refractivity contribution >= 4 is 21.8 Å². The molecule has 0 aliphatic carbocycles. The first-order valence-electron chi connectivity index (χ1n) is 8.65. The molecule has 1 unspecified atom stereocenters. The van der Waals surface area contributed by atoms with E-state index in [0.717, 1.165) is 12.8 Å². The summed E-state index contributed by atoms with van der Waals surface area (Å²) in [5, 5.41) is 0. The summed E-state index contributed by atoms with van der Waals surface area (Å²) in [6.45, 7) is 4.27. The van der Waals surface area contributed by atoms with Gasteiger partial charge in [0, 0.05) is 18.6 Å². The van der Waals surface area contributed by atoms with Crippen molar-refractivity contribution in [3.63, 3.8) is 0 Å². The van der Waals surface area contributed by atoms with Crippen LogP contribution >= 0.6 is 0 Å². The lowest BCUT2D eigenvalue weighted by atomic mass is 10.0. The lowest BCUT2D eigenvalue weighted by molar-refractivity contribution is -0.201. The van der Waals surface area contributed by atoms with Crippen molar-refractivity contribution < 1.29 is 22.8 Å². The fourth-order valence-corrected chi connectivity index (χ4v) is 4.11. The zero-order valence-electron chi connectivity index (χ0n) is 14.8. The molecule has 2 N–H and O–H groups in total. The fourth-order valence-electron chi connectivity index (χ4n) is 2.87. The van der Waals surface area contributed by atoms with Gasteiger partial charge in [-0.05, 0) is 30.9 Å².